The lowest BCUT2D eigenvalue weighted by Gasteiger charge is -2.26. The molecule has 28 heavy (non-hydrogen) atoms. The summed E-state index contributed by atoms with van der Waals surface area (Å²) in [5.41, 5.74) is 1.04. The van der Waals surface area contributed by atoms with Crippen LogP contribution >= 0.6 is 11.6 Å². The highest BCUT2D eigenvalue weighted by atomic mass is 35.5. The Morgan fingerprint density at radius 3 is 2.54 bits per heavy atom. The van der Waals surface area contributed by atoms with Crippen molar-refractivity contribution in [1.82, 2.24) is 9.62 Å². The Bertz CT molecular complexity index is 956. The minimum Gasteiger partial charge on any atom is -0.495 e. The predicted octanol–water partition coefficient (Wildman–Crippen LogP) is 3.45. The lowest BCUT2D eigenvalue weighted by molar-refractivity contribution is 0.0950. The van der Waals surface area contributed by atoms with Gasteiger partial charge in [0.2, 0.25) is 10.0 Å². The van der Waals surface area contributed by atoms with E-state index in [9.17, 15) is 13.2 Å². The minimum atomic E-state index is -3.73. The van der Waals surface area contributed by atoms with E-state index in [0.717, 1.165) is 24.8 Å². The Hall–Kier alpha value is -2.09. The molecule has 6 nitrogen and oxygen atoms in total. The van der Waals surface area contributed by atoms with Crippen LogP contribution in [0.5, 0.6) is 5.75 Å². The molecule has 0 unspecified atom stereocenters. The van der Waals surface area contributed by atoms with Gasteiger partial charge in [-0.15, -0.1) is 0 Å². The number of amides is 1. The molecule has 1 heterocycles. The van der Waals surface area contributed by atoms with Crippen LogP contribution in [0.3, 0.4) is 0 Å². The van der Waals surface area contributed by atoms with Crippen LogP contribution in [-0.4, -0.2) is 38.8 Å². The Kier molecular flexibility index (Phi) is 6.59. The molecule has 0 spiro atoms. The van der Waals surface area contributed by atoms with Crippen molar-refractivity contribution in [2.45, 2.75) is 30.7 Å². The zero-order valence-corrected chi connectivity index (χ0v) is 17.2. The number of nitrogens with one attached hydrogen (secondary N) is 1. The van der Waals surface area contributed by atoms with Crippen molar-refractivity contribution in [3.05, 3.63) is 58.6 Å². The maximum absolute atomic E-state index is 13.1. The molecule has 2 aromatic carbocycles. The molecule has 1 aliphatic rings. The summed E-state index contributed by atoms with van der Waals surface area (Å²) in [4.78, 5) is 12.6. The molecule has 0 atom stereocenters. The van der Waals surface area contributed by atoms with Gasteiger partial charge in [-0.1, -0.05) is 36.2 Å². The van der Waals surface area contributed by atoms with Crippen LogP contribution < -0.4 is 10.1 Å². The van der Waals surface area contributed by atoms with Crippen LogP contribution in [0.25, 0.3) is 0 Å². The van der Waals surface area contributed by atoms with Crippen LogP contribution in [-0.2, 0) is 16.6 Å². The molecule has 0 bridgehead atoms. The Morgan fingerprint density at radius 1 is 1.14 bits per heavy atom. The number of hydrogen-bond acceptors (Lipinski definition) is 4. The normalized spacial score (nSPS) is 15.2. The molecule has 150 valence electrons. The van der Waals surface area contributed by atoms with Gasteiger partial charge in [0.1, 0.15) is 10.6 Å². The van der Waals surface area contributed by atoms with Crippen molar-refractivity contribution in [2.75, 3.05) is 20.2 Å². The standard InChI is InChI=1S/C20H23ClN2O4S/c1-27-18-10-9-15(20(24)22-14-16-7-3-4-8-17(16)21)13-19(18)28(25,26)23-11-5-2-6-12-23/h3-4,7-10,13H,2,5-6,11-12,14H2,1H3,(H,22,24). The predicted molar refractivity (Wildman–Crippen MR) is 108 cm³/mol. The number of hydrogen-bond donors (Lipinski definition) is 1. The first-order valence-electron chi connectivity index (χ1n) is 9.13. The fourth-order valence-electron chi connectivity index (χ4n) is 3.18. The third-order valence-electron chi connectivity index (χ3n) is 4.76. The summed E-state index contributed by atoms with van der Waals surface area (Å²) < 4.78 is 32.8. The van der Waals surface area contributed by atoms with Gasteiger partial charge in [0, 0.05) is 30.2 Å². The van der Waals surface area contributed by atoms with E-state index < -0.39 is 10.0 Å². The van der Waals surface area contributed by atoms with E-state index >= 15 is 0 Å². The van der Waals surface area contributed by atoms with Gasteiger partial charge in [0.05, 0.1) is 7.11 Å². The molecule has 1 saturated heterocycles. The maximum atomic E-state index is 13.1. The summed E-state index contributed by atoms with van der Waals surface area (Å²) in [6.07, 6.45) is 2.69. The van der Waals surface area contributed by atoms with E-state index in [1.807, 2.05) is 18.2 Å². The van der Waals surface area contributed by atoms with Gasteiger partial charge < -0.3 is 10.1 Å². The van der Waals surface area contributed by atoms with Crippen LogP contribution in [0.4, 0.5) is 0 Å². The lowest BCUT2D eigenvalue weighted by atomic mass is 10.2. The SMILES string of the molecule is COc1ccc(C(=O)NCc2ccccc2Cl)cc1S(=O)(=O)N1CCCCC1. The van der Waals surface area contributed by atoms with Gasteiger partial charge in [0.15, 0.2) is 0 Å². The monoisotopic (exact) mass is 422 g/mol. The van der Waals surface area contributed by atoms with Crippen molar-refractivity contribution < 1.29 is 17.9 Å². The van der Waals surface area contributed by atoms with Gasteiger partial charge in [-0.05, 0) is 42.7 Å². The molecular weight excluding hydrogens is 400 g/mol. The third kappa shape index (κ3) is 4.48. The van der Waals surface area contributed by atoms with Gasteiger partial charge in [-0.3, -0.25) is 4.79 Å². The van der Waals surface area contributed by atoms with E-state index in [4.69, 9.17) is 16.3 Å². The summed E-state index contributed by atoms with van der Waals surface area (Å²) in [6, 6.07) is 11.7. The van der Waals surface area contributed by atoms with Crippen molar-refractivity contribution in [2.24, 2.45) is 0 Å². The smallest absolute Gasteiger partial charge is 0.251 e. The number of ether oxygens (including phenoxy) is 1. The molecule has 2 aromatic rings. The number of sulfonamides is 1. The number of piperidine rings is 1. The number of nitrogens with zero attached hydrogens (tertiary/aromatic N) is 1. The second kappa shape index (κ2) is 8.94. The van der Waals surface area contributed by atoms with Crippen LogP contribution in [0.15, 0.2) is 47.4 Å². The summed E-state index contributed by atoms with van der Waals surface area (Å²) in [5, 5.41) is 3.34. The van der Waals surface area contributed by atoms with Gasteiger partial charge in [-0.25, -0.2) is 8.42 Å². The molecule has 0 aliphatic carbocycles. The number of halogens is 1. The second-order valence-corrected chi connectivity index (χ2v) is 8.92. The average Bonchev–Trinajstić information content (AvgIpc) is 2.73. The molecular formula is C20H23ClN2O4S. The molecule has 0 radical (unpaired) electrons. The molecule has 0 aromatic heterocycles. The fraction of sp³-hybridized carbons (Fsp3) is 0.350. The van der Waals surface area contributed by atoms with Crippen LogP contribution in [0.2, 0.25) is 5.02 Å². The van der Waals surface area contributed by atoms with Crippen LogP contribution in [0.1, 0.15) is 35.2 Å². The lowest BCUT2D eigenvalue weighted by Crippen LogP contribution is -2.36. The Morgan fingerprint density at radius 2 is 1.86 bits per heavy atom. The van der Waals surface area contributed by atoms with Gasteiger partial charge in [-0.2, -0.15) is 4.31 Å². The third-order valence-corrected chi connectivity index (χ3v) is 7.04. The maximum Gasteiger partial charge on any atom is 0.251 e. The topological polar surface area (TPSA) is 75.7 Å². The number of benzene rings is 2. The number of carbonyl (C=O) groups is 1. The largest absolute Gasteiger partial charge is 0.495 e. The zero-order valence-electron chi connectivity index (χ0n) is 15.7. The Labute approximate surface area is 170 Å². The minimum absolute atomic E-state index is 0.0160. The van der Waals surface area contributed by atoms with Crippen molar-refractivity contribution >= 4 is 27.5 Å². The second-order valence-electron chi connectivity index (χ2n) is 6.60. The van der Waals surface area contributed by atoms with Crippen molar-refractivity contribution in [3.63, 3.8) is 0 Å². The quantitative estimate of drug-likeness (QED) is 0.773. The van der Waals surface area contributed by atoms with E-state index in [-0.39, 0.29) is 28.7 Å². The first-order valence-corrected chi connectivity index (χ1v) is 10.9. The first kappa shape index (κ1) is 20.6. The molecule has 0 saturated carbocycles. The van der Waals surface area contributed by atoms with Gasteiger partial charge in [0.25, 0.3) is 5.91 Å². The molecule has 1 amide bonds. The van der Waals surface area contributed by atoms with E-state index in [1.165, 1.54) is 23.5 Å². The number of rotatable bonds is 6. The van der Waals surface area contributed by atoms with Crippen molar-refractivity contribution in [3.8, 4) is 5.75 Å². The summed E-state index contributed by atoms with van der Waals surface area (Å²) in [7, 11) is -2.31. The number of carbonyl (C=O) groups excluding carboxylic acids is 1. The van der Waals surface area contributed by atoms with E-state index in [2.05, 4.69) is 5.32 Å². The summed E-state index contributed by atoms with van der Waals surface area (Å²) >= 11 is 6.11. The zero-order chi connectivity index (χ0) is 20.1. The van der Waals surface area contributed by atoms with Gasteiger partial charge >= 0.3 is 0 Å². The number of methoxy groups -OCH3 is 1. The fourth-order valence-corrected chi connectivity index (χ4v) is 5.08. The van der Waals surface area contributed by atoms with Crippen LogP contribution in [0, 0.1) is 0 Å². The summed E-state index contributed by atoms with van der Waals surface area (Å²) in [6.45, 7) is 1.21. The van der Waals surface area contributed by atoms with Crippen molar-refractivity contribution in [1.29, 1.82) is 0 Å². The molecule has 1 aliphatic heterocycles. The molecule has 1 N–H and O–H groups in total. The van der Waals surface area contributed by atoms with E-state index in [0.29, 0.717) is 18.1 Å². The molecule has 1 fully saturated rings. The highest BCUT2D eigenvalue weighted by Gasteiger charge is 2.29. The Balaban J connectivity index is 1.84. The average molecular weight is 423 g/mol. The molecule has 3 rings (SSSR count). The van der Waals surface area contributed by atoms with E-state index in [1.54, 1.807) is 12.1 Å². The highest BCUT2D eigenvalue weighted by molar-refractivity contribution is 7.89. The molecule has 8 heteroatoms. The highest BCUT2D eigenvalue weighted by Crippen LogP contribution is 2.29. The summed E-state index contributed by atoms with van der Waals surface area (Å²) in [5.74, 6) is -0.147. The first-order chi connectivity index (χ1) is 13.4.